The number of amides is 1. The van der Waals surface area contributed by atoms with Gasteiger partial charge in [-0.05, 0) is 38.5 Å². The number of anilines is 1. The van der Waals surface area contributed by atoms with Crippen LogP contribution in [0, 0.1) is 0 Å². The second-order valence-corrected chi connectivity index (χ2v) is 5.59. The van der Waals surface area contributed by atoms with Gasteiger partial charge in [0.25, 0.3) is 0 Å². The Bertz CT molecular complexity index is 674. The van der Waals surface area contributed by atoms with Crippen LogP contribution in [0.5, 0.6) is 11.5 Å². The summed E-state index contributed by atoms with van der Waals surface area (Å²) in [6.45, 7) is 7.32. The van der Waals surface area contributed by atoms with E-state index in [0.29, 0.717) is 25.5 Å². The van der Waals surface area contributed by atoms with E-state index in [1.807, 2.05) is 69.3 Å². The first kappa shape index (κ1) is 18.6. The fourth-order valence-corrected chi connectivity index (χ4v) is 2.40. The van der Waals surface area contributed by atoms with Crippen LogP contribution in [0.4, 0.5) is 5.69 Å². The van der Waals surface area contributed by atoms with Crippen LogP contribution in [-0.4, -0.2) is 25.2 Å². The summed E-state index contributed by atoms with van der Waals surface area (Å²) < 4.78 is 11.2. The van der Waals surface area contributed by atoms with Crippen LogP contribution < -0.4 is 20.1 Å². The van der Waals surface area contributed by atoms with Crippen molar-refractivity contribution in [2.75, 3.05) is 18.5 Å². The van der Waals surface area contributed by atoms with E-state index in [0.717, 1.165) is 17.0 Å². The molecule has 0 heterocycles. The Morgan fingerprint density at radius 2 is 1.76 bits per heavy atom. The van der Waals surface area contributed by atoms with Crippen molar-refractivity contribution >= 4 is 11.6 Å². The molecular weight excluding hydrogens is 316 g/mol. The third-order valence-electron chi connectivity index (χ3n) is 3.64. The summed E-state index contributed by atoms with van der Waals surface area (Å²) in [7, 11) is 0. The molecule has 0 spiro atoms. The minimum absolute atomic E-state index is 0.0758. The fourth-order valence-electron chi connectivity index (χ4n) is 2.40. The van der Waals surface area contributed by atoms with Gasteiger partial charge in [-0.25, -0.2) is 0 Å². The Kier molecular flexibility index (Phi) is 7.14. The lowest BCUT2D eigenvalue weighted by Crippen LogP contribution is -2.37. The summed E-state index contributed by atoms with van der Waals surface area (Å²) in [6, 6.07) is 15.0. The molecular formula is C20H26N2O3. The molecule has 0 aromatic heterocycles. The summed E-state index contributed by atoms with van der Waals surface area (Å²) in [5.74, 6) is 1.37. The van der Waals surface area contributed by atoms with Crippen LogP contribution in [-0.2, 0) is 11.3 Å². The Balaban J connectivity index is 2.00. The molecule has 5 heteroatoms. The third kappa shape index (κ3) is 5.71. The molecule has 0 saturated carbocycles. The van der Waals surface area contributed by atoms with Crippen LogP contribution in [0.2, 0.25) is 0 Å². The number of carbonyl (C=O) groups is 1. The van der Waals surface area contributed by atoms with Crippen LogP contribution in [0.15, 0.2) is 48.5 Å². The van der Waals surface area contributed by atoms with E-state index in [2.05, 4.69) is 10.6 Å². The van der Waals surface area contributed by atoms with Crippen molar-refractivity contribution in [3.05, 3.63) is 54.1 Å². The molecule has 0 aliphatic heterocycles. The molecule has 1 unspecified atom stereocenters. The average Bonchev–Trinajstić information content (AvgIpc) is 2.63. The smallest absolute Gasteiger partial charge is 0.242 e. The van der Waals surface area contributed by atoms with Gasteiger partial charge in [0.15, 0.2) is 0 Å². The maximum Gasteiger partial charge on any atom is 0.242 e. The maximum atomic E-state index is 12.4. The van der Waals surface area contributed by atoms with Gasteiger partial charge in [0.1, 0.15) is 17.5 Å². The normalized spacial score (nSPS) is 11.5. The number of hydrogen-bond donors (Lipinski definition) is 2. The van der Waals surface area contributed by atoms with E-state index < -0.39 is 6.04 Å². The number of rotatable bonds is 9. The predicted molar refractivity (Wildman–Crippen MR) is 100 cm³/mol. The molecule has 0 radical (unpaired) electrons. The fraction of sp³-hybridized carbons (Fsp3) is 0.350. The van der Waals surface area contributed by atoms with Crippen LogP contribution >= 0.6 is 0 Å². The minimum atomic E-state index is -0.403. The average molecular weight is 342 g/mol. The second-order valence-electron chi connectivity index (χ2n) is 5.59. The topological polar surface area (TPSA) is 59.6 Å². The highest BCUT2D eigenvalue weighted by molar-refractivity contribution is 5.84. The Labute approximate surface area is 149 Å². The van der Waals surface area contributed by atoms with Gasteiger partial charge in [0.05, 0.1) is 18.9 Å². The predicted octanol–water partition coefficient (Wildman–Crippen LogP) is 3.60. The number of ether oxygens (including phenoxy) is 2. The lowest BCUT2D eigenvalue weighted by Gasteiger charge is -2.19. The Morgan fingerprint density at radius 1 is 1.04 bits per heavy atom. The molecule has 1 atom stereocenters. The first-order valence-corrected chi connectivity index (χ1v) is 8.61. The molecule has 2 rings (SSSR count). The highest BCUT2D eigenvalue weighted by Crippen LogP contribution is 2.30. The van der Waals surface area contributed by atoms with Gasteiger partial charge in [0.2, 0.25) is 5.91 Å². The van der Waals surface area contributed by atoms with Gasteiger partial charge in [0, 0.05) is 12.6 Å². The van der Waals surface area contributed by atoms with E-state index in [9.17, 15) is 4.79 Å². The summed E-state index contributed by atoms with van der Waals surface area (Å²) in [6.07, 6.45) is 0. The molecule has 0 aliphatic rings. The summed E-state index contributed by atoms with van der Waals surface area (Å²) in [5, 5.41) is 6.15. The molecule has 0 bridgehead atoms. The van der Waals surface area contributed by atoms with Crippen molar-refractivity contribution in [3.63, 3.8) is 0 Å². The van der Waals surface area contributed by atoms with Gasteiger partial charge in [-0.3, -0.25) is 4.79 Å². The van der Waals surface area contributed by atoms with Gasteiger partial charge in [-0.15, -0.1) is 0 Å². The van der Waals surface area contributed by atoms with E-state index in [-0.39, 0.29) is 5.91 Å². The monoisotopic (exact) mass is 342 g/mol. The molecule has 5 nitrogen and oxygen atoms in total. The van der Waals surface area contributed by atoms with E-state index in [1.165, 1.54) is 0 Å². The minimum Gasteiger partial charge on any atom is -0.494 e. The van der Waals surface area contributed by atoms with E-state index in [1.54, 1.807) is 0 Å². The van der Waals surface area contributed by atoms with Gasteiger partial charge < -0.3 is 20.1 Å². The summed E-state index contributed by atoms with van der Waals surface area (Å²) in [4.78, 5) is 12.4. The third-order valence-corrected chi connectivity index (χ3v) is 3.64. The SMILES string of the molecule is CCOc1ccc(OCC)c(NC(C)C(=O)NCc2ccccc2)c1. The molecule has 0 fully saturated rings. The van der Waals surface area contributed by atoms with Crippen molar-refractivity contribution < 1.29 is 14.3 Å². The molecule has 134 valence electrons. The van der Waals surface area contributed by atoms with Crippen molar-refractivity contribution in [1.29, 1.82) is 0 Å². The zero-order valence-electron chi connectivity index (χ0n) is 15.0. The highest BCUT2D eigenvalue weighted by atomic mass is 16.5. The van der Waals surface area contributed by atoms with Crippen molar-refractivity contribution in [2.24, 2.45) is 0 Å². The molecule has 2 N–H and O–H groups in total. The molecule has 25 heavy (non-hydrogen) atoms. The van der Waals surface area contributed by atoms with E-state index in [4.69, 9.17) is 9.47 Å². The molecule has 2 aromatic carbocycles. The summed E-state index contributed by atoms with van der Waals surface area (Å²) in [5.41, 5.74) is 1.81. The number of benzene rings is 2. The zero-order chi connectivity index (χ0) is 18.1. The van der Waals surface area contributed by atoms with Gasteiger partial charge >= 0.3 is 0 Å². The highest BCUT2D eigenvalue weighted by Gasteiger charge is 2.15. The van der Waals surface area contributed by atoms with Crippen molar-refractivity contribution in [3.8, 4) is 11.5 Å². The lowest BCUT2D eigenvalue weighted by molar-refractivity contribution is -0.121. The first-order chi connectivity index (χ1) is 12.1. The largest absolute Gasteiger partial charge is 0.494 e. The number of hydrogen-bond acceptors (Lipinski definition) is 4. The second kappa shape index (κ2) is 9.57. The lowest BCUT2D eigenvalue weighted by atomic mass is 10.2. The quantitative estimate of drug-likeness (QED) is 0.731. The standard InChI is InChI=1S/C20H26N2O3/c1-4-24-17-11-12-19(25-5-2)18(13-17)22-15(3)20(23)21-14-16-9-7-6-8-10-16/h6-13,15,22H,4-5,14H2,1-3H3,(H,21,23). The van der Waals surface area contributed by atoms with Crippen LogP contribution in [0.1, 0.15) is 26.3 Å². The molecule has 0 saturated heterocycles. The number of nitrogens with one attached hydrogen (secondary N) is 2. The zero-order valence-corrected chi connectivity index (χ0v) is 15.0. The van der Waals surface area contributed by atoms with Crippen molar-refractivity contribution in [2.45, 2.75) is 33.4 Å². The maximum absolute atomic E-state index is 12.4. The van der Waals surface area contributed by atoms with Crippen LogP contribution in [0.3, 0.4) is 0 Å². The van der Waals surface area contributed by atoms with Gasteiger partial charge in [-0.2, -0.15) is 0 Å². The number of carbonyl (C=O) groups excluding carboxylic acids is 1. The van der Waals surface area contributed by atoms with Crippen molar-refractivity contribution in [1.82, 2.24) is 5.32 Å². The Morgan fingerprint density at radius 3 is 2.44 bits per heavy atom. The molecule has 0 aliphatic carbocycles. The van der Waals surface area contributed by atoms with Gasteiger partial charge in [-0.1, -0.05) is 30.3 Å². The first-order valence-electron chi connectivity index (χ1n) is 8.61. The van der Waals surface area contributed by atoms with E-state index >= 15 is 0 Å². The van der Waals surface area contributed by atoms with Crippen LogP contribution in [0.25, 0.3) is 0 Å². The Hall–Kier alpha value is -2.69. The molecule has 1 amide bonds. The summed E-state index contributed by atoms with van der Waals surface area (Å²) >= 11 is 0. The molecule has 2 aromatic rings.